The number of aromatic nitrogens is 2. The normalized spacial score (nSPS) is 17.4. The van der Waals surface area contributed by atoms with Crippen LogP contribution in [-0.2, 0) is 0 Å². The van der Waals surface area contributed by atoms with Crippen molar-refractivity contribution in [1.29, 1.82) is 0 Å². The van der Waals surface area contributed by atoms with Gasteiger partial charge in [-0.25, -0.2) is 9.97 Å². The van der Waals surface area contributed by atoms with Crippen LogP contribution in [0.3, 0.4) is 0 Å². The van der Waals surface area contributed by atoms with Crippen molar-refractivity contribution in [1.82, 2.24) is 9.97 Å². The first-order valence-corrected chi connectivity index (χ1v) is 9.53. The summed E-state index contributed by atoms with van der Waals surface area (Å²) >= 11 is 0. The van der Waals surface area contributed by atoms with Gasteiger partial charge in [-0.1, -0.05) is 0 Å². The first-order valence-electron chi connectivity index (χ1n) is 9.53. The van der Waals surface area contributed by atoms with Crippen LogP contribution in [0.1, 0.15) is 42.6 Å². The Morgan fingerprint density at radius 3 is 2.23 bits per heavy atom. The zero-order valence-corrected chi connectivity index (χ0v) is 15.0. The van der Waals surface area contributed by atoms with Crippen LogP contribution in [0, 0.1) is 0 Å². The third-order valence-corrected chi connectivity index (χ3v) is 5.16. The number of benzene rings is 1. The monoisotopic (exact) mass is 351 g/mol. The van der Waals surface area contributed by atoms with Gasteiger partial charge >= 0.3 is 0 Å². The van der Waals surface area contributed by atoms with E-state index in [1.165, 1.54) is 44.1 Å². The molecule has 1 aromatic heterocycles. The van der Waals surface area contributed by atoms with Crippen molar-refractivity contribution >= 4 is 23.1 Å². The molecule has 0 saturated carbocycles. The van der Waals surface area contributed by atoms with E-state index in [4.69, 9.17) is 0 Å². The van der Waals surface area contributed by atoms with Gasteiger partial charge in [0, 0.05) is 43.6 Å². The van der Waals surface area contributed by atoms with E-state index in [2.05, 4.69) is 37.2 Å². The van der Waals surface area contributed by atoms with Gasteiger partial charge in [-0.3, -0.25) is 4.79 Å². The lowest BCUT2D eigenvalue weighted by Gasteiger charge is -2.28. The second kappa shape index (κ2) is 7.72. The second-order valence-electron chi connectivity index (χ2n) is 7.00. The molecule has 1 N–H and O–H groups in total. The molecule has 1 amide bonds. The van der Waals surface area contributed by atoms with E-state index < -0.39 is 0 Å². The maximum absolute atomic E-state index is 12.5. The van der Waals surface area contributed by atoms with Crippen molar-refractivity contribution in [2.75, 3.05) is 41.3 Å². The van der Waals surface area contributed by atoms with Crippen LogP contribution < -0.4 is 15.1 Å². The Labute approximate surface area is 154 Å². The molecule has 2 saturated heterocycles. The van der Waals surface area contributed by atoms with Gasteiger partial charge in [0.25, 0.3) is 5.91 Å². The minimum atomic E-state index is -0.196. The molecule has 0 unspecified atom stereocenters. The van der Waals surface area contributed by atoms with Crippen molar-refractivity contribution < 1.29 is 4.79 Å². The fraction of sp³-hybridized carbons (Fsp3) is 0.450. The lowest BCUT2D eigenvalue weighted by Crippen LogP contribution is -2.29. The Morgan fingerprint density at radius 1 is 0.846 bits per heavy atom. The molecule has 3 heterocycles. The first kappa shape index (κ1) is 16.8. The Bertz CT molecular complexity index is 749. The van der Waals surface area contributed by atoms with Crippen molar-refractivity contribution in [2.45, 2.75) is 32.1 Å². The highest BCUT2D eigenvalue weighted by molar-refractivity contribution is 6.03. The summed E-state index contributed by atoms with van der Waals surface area (Å²) in [6.45, 7) is 4.23. The predicted octanol–water partition coefficient (Wildman–Crippen LogP) is 3.32. The van der Waals surface area contributed by atoms with Crippen LogP contribution in [-0.4, -0.2) is 42.1 Å². The minimum Gasteiger partial charge on any atom is -0.372 e. The van der Waals surface area contributed by atoms with Crippen LogP contribution in [0.25, 0.3) is 0 Å². The molecule has 2 aliphatic rings. The number of hydrogen-bond donors (Lipinski definition) is 1. The van der Waals surface area contributed by atoms with E-state index in [9.17, 15) is 4.79 Å². The van der Waals surface area contributed by atoms with Gasteiger partial charge in [-0.05, 0) is 56.4 Å². The smallest absolute Gasteiger partial charge is 0.274 e. The van der Waals surface area contributed by atoms with Crippen LogP contribution in [0.2, 0.25) is 0 Å². The Balaban J connectivity index is 1.42. The summed E-state index contributed by atoms with van der Waals surface area (Å²) in [5.74, 6) is 0.640. The van der Waals surface area contributed by atoms with Crippen LogP contribution in [0.15, 0.2) is 36.7 Å². The molecule has 6 nitrogen and oxygen atoms in total. The zero-order chi connectivity index (χ0) is 17.8. The fourth-order valence-electron chi connectivity index (χ4n) is 3.69. The molecular weight excluding hydrogens is 326 g/mol. The van der Waals surface area contributed by atoms with E-state index in [-0.39, 0.29) is 5.91 Å². The summed E-state index contributed by atoms with van der Waals surface area (Å²) in [6, 6.07) is 9.87. The fourth-order valence-corrected chi connectivity index (χ4v) is 3.69. The molecule has 2 fully saturated rings. The highest BCUT2D eigenvalue weighted by Crippen LogP contribution is 2.22. The van der Waals surface area contributed by atoms with Gasteiger partial charge in [0.15, 0.2) is 0 Å². The highest BCUT2D eigenvalue weighted by atomic mass is 16.1. The van der Waals surface area contributed by atoms with Crippen LogP contribution >= 0.6 is 0 Å². The molecule has 0 spiro atoms. The minimum absolute atomic E-state index is 0.196. The number of piperidine rings is 1. The van der Waals surface area contributed by atoms with E-state index in [1.807, 2.05) is 12.1 Å². The molecule has 4 rings (SSSR count). The molecule has 26 heavy (non-hydrogen) atoms. The molecule has 0 bridgehead atoms. The standard InChI is InChI=1S/C20H25N5O/c26-20(18-14-19(22-15-21-18)25-12-4-5-13-25)23-16-6-8-17(9-7-16)24-10-2-1-3-11-24/h6-9,14-15H,1-5,10-13H2,(H,23,26). The second-order valence-corrected chi connectivity index (χ2v) is 7.00. The molecule has 136 valence electrons. The van der Waals surface area contributed by atoms with Crippen molar-refractivity contribution in [3.05, 3.63) is 42.4 Å². The first-order chi connectivity index (χ1) is 12.8. The number of hydrogen-bond acceptors (Lipinski definition) is 5. The lowest BCUT2D eigenvalue weighted by atomic mass is 10.1. The van der Waals surface area contributed by atoms with Gasteiger partial charge in [-0.2, -0.15) is 0 Å². The zero-order valence-electron chi connectivity index (χ0n) is 15.0. The molecule has 6 heteroatoms. The Kier molecular flexibility index (Phi) is 5.00. The molecule has 0 atom stereocenters. The Morgan fingerprint density at radius 2 is 1.50 bits per heavy atom. The number of nitrogens with one attached hydrogen (secondary N) is 1. The van der Waals surface area contributed by atoms with E-state index in [0.29, 0.717) is 5.69 Å². The summed E-state index contributed by atoms with van der Waals surface area (Å²) in [5, 5.41) is 2.94. The molecular formula is C20H25N5O. The van der Waals surface area contributed by atoms with Gasteiger partial charge in [-0.15, -0.1) is 0 Å². The lowest BCUT2D eigenvalue weighted by molar-refractivity contribution is 0.102. The quantitative estimate of drug-likeness (QED) is 0.916. The number of amides is 1. The summed E-state index contributed by atoms with van der Waals surface area (Å²) in [5.41, 5.74) is 2.42. The number of anilines is 3. The molecule has 2 aliphatic heterocycles. The van der Waals surface area contributed by atoms with Crippen molar-refractivity contribution in [3.8, 4) is 0 Å². The predicted molar refractivity (Wildman–Crippen MR) is 104 cm³/mol. The van der Waals surface area contributed by atoms with Crippen molar-refractivity contribution in [2.24, 2.45) is 0 Å². The maximum Gasteiger partial charge on any atom is 0.274 e. The van der Waals surface area contributed by atoms with Crippen LogP contribution in [0.5, 0.6) is 0 Å². The van der Waals surface area contributed by atoms with Gasteiger partial charge in [0.1, 0.15) is 17.8 Å². The van der Waals surface area contributed by atoms with Crippen molar-refractivity contribution in [3.63, 3.8) is 0 Å². The summed E-state index contributed by atoms with van der Waals surface area (Å²) in [4.78, 5) is 25.6. The maximum atomic E-state index is 12.5. The average molecular weight is 351 g/mol. The summed E-state index contributed by atoms with van der Waals surface area (Å²) in [7, 11) is 0. The SMILES string of the molecule is O=C(Nc1ccc(N2CCCCC2)cc1)c1cc(N2CCCC2)ncn1. The number of carbonyl (C=O) groups is 1. The number of carbonyl (C=O) groups excluding carboxylic acids is 1. The molecule has 0 radical (unpaired) electrons. The highest BCUT2D eigenvalue weighted by Gasteiger charge is 2.16. The largest absolute Gasteiger partial charge is 0.372 e. The molecule has 1 aromatic carbocycles. The van der Waals surface area contributed by atoms with Gasteiger partial charge < -0.3 is 15.1 Å². The number of nitrogens with zero attached hydrogens (tertiary/aromatic N) is 4. The summed E-state index contributed by atoms with van der Waals surface area (Å²) in [6.07, 6.45) is 7.66. The van der Waals surface area contributed by atoms with Crippen LogP contribution in [0.4, 0.5) is 17.2 Å². The number of rotatable bonds is 4. The molecule has 2 aromatic rings. The third-order valence-electron chi connectivity index (χ3n) is 5.16. The van der Waals surface area contributed by atoms with E-state index >= 15 is 0 Å². The van der Waals surface area contributed by atoms with E-state index in [1.54, 1.807) is 6.07 Å². The summed E-state index contributed by atoms with van der Waals surface area (Å²) < 4.78 is 0. The topological polar surface area (TPSA) is 61.4 Å². The van der Waals surface area contributed by atoms with Gasteiger partial charge in [0.05, 0.1) is 0 Å². The molecule has 0 aliphatic carbocycles. The van der Waals surface area contributed by atoms with E-state index in [0.717, 1.165) is 37.7 Å². The third kappa shape index (κ3) is 3.79. The Hall–Kier alpha value is -2.63. The average Bonchev–Trinajstić information content (AvgIpc) is 3.24. The van der Waals surface area contributed by atoms with Gasteiger partial charge in [0.2, 0.25) is 0 Å².